The second-order valence-corrected chi connectivity index (χ2v) is 1.76. The Morgan fingerprint density at radius 2 is 2.50 bits per heavy atom. The molecule has 0 radical (unpaired) electrons. The van der Waals surface area contributed by atoms with Gasteiger partial charge in [-0.05, 0) is 0 Å². The fourth-order valence-corrected chi connectivity index (χ4v) is 0.501. The molecule has 5 heteroatoms. The van der Waals surface area contributed by atoms with E-state index in [4.69, 9.17) is 0 Å². The monoisotopic (exact) mass is 104 g/mol. The van der Waals surface area contributed by atoms with Crippen molar-refractivity contribution in [3.05, 3.63) is 0 Å². The molecule has 0 bridgehead atoms. The van der Waals surface area contributed by atoms with Crippen molar-refractivity contribution in [1.82, 2.24) is 5.09 Å². The van der Waals surface area contributed by atoms with Crippen molar-refractivity contribution in [2.45, 2.75) is 0 Å². The first kappa shape index (κ1) is 3.71. The van der Waals surface area contributed by atoms with E-state index < -0.39 is 14.1 Å². The first-order valence-electron chi connectivity index (χ1n) is 1.28. The van der Waals surface area contributed by atoms with Crippen molar-refractivity contribution in [2.75, 3.05) is 0 Å². The lowest BCUT2D eigenvalue weighted by Crippen LogP contribution is -2.23. The van der Waals surface area contributed by atoms with Crippen LogP contribution in [0, 0.1) is 0 Å². The summed E-state index contributed by atoms with van der Waals surface area (Å²) in [6.07, 6.45) is 0. The van der Waals surface area contributed by atoms with E-state index in [1.165, 1.54) is 0 Å². The molecule has 0 aliphatic carbocycles. The maximum Gasteiger partial charge on any atom is 0.419 e. The Hall–Kier alpha value is -0.470. The molecule has 6 heavy (non-hydrogen) atoms. The van der Waals surface area contributed by atoms with Gasteiger partial charge in [-0.3, -0.25) is 0 Å². The summed E-state index contributed by atoms with van der Waals surface area (Å²) in [6, 6.07) is -0.476. The van der Waals surface area contributed by atoms with E-state index in [0.29, 0.717) is 0 Å². The molecule has 1 rings (SSSR count). The van der Waals surface area contributed by atoms with E-state index in [1.54, 1.807) is 0 Å². The van der Waals surface area contributed by atoms with Crippen molar-refractivity contribution in [3.63, 3.8) is 0 Å². The number of hydrogen-bond donors (Lipinski definition) is 1. The third-order valence-electron chi connectivity index (χ3n) is 0.373. The molecule has 1 atom stereocenters. The average molecular weight is 104 g/mol. The van der Waals surface area contributed by atoms with Gasteiger partial charge in [0.05, 0.1) is 0 Å². The Morgan fingerprint density at radius 3 is 2.50 bits per heavy atom. The number of nitrogens with zero attached hydrogens (tertiary/aromatic N) is 1. The van der Waals surface area contributed by atoms with E-state index in [9.17, 15) is 9.69 Å². The van der Waals surface area contributed by atoms with Crippen molar-refractivity contribution in [2.24, 2.45) is 4.74 Å². The lowest BCUT2D eigenvalue weighted by molar-refractivity contribution is -0.158. The first-order chi connectivity index (χ1) is 2.79. The molecule has 0 saturated carbocycles. The highest BCUT2D eigenvalue weighted by molar-refractivity contribution is 7.40. The fourth-order valence-electron chi connectivity index (χ4n) is 0.167. The summed E-state index contributed by atoms with van der Waals surface area (Å²) in [6.45, 7) is 0. The smallest absolute Gasteiger partial charge is 0.419 e. The van der Waals surface area contributed by atoms with Crippen molar-refractivity contribution in [1.29, 1.82) is 0 Å². The molecule has 0 aromatic heterocycles. The summed E-state index contributed by atoms with van der Waals surface area (Å²) in [7, 11) is -1.68. The Labute approximate surface area is 34.8 Å². The second kappa shape index (κ2) is 0.996. The summed E-state index contributed by atoms with van der Waals surface area (Å²) in [5, 5.41) is 2.01. The summed E-state index contributed by atoms with van der Waals surface area (Å²) < 4.78 is 2.98. The fraction of sp³-hybridized carbons (Fsp3) is 0. The minimum atomic E-state index is -1.68. The van der Waals surface area contributed by atoms with Crippen molar-refractivity contribution < 1.29 is 9.69 Å². The lowest BCUT2D eigenvalue weighted by atomic mass is 11.2. The number of urea groups is 1. The zero-order valence-corrected chi connectivity index (χ0v) is 3.61. The topological polar surface area (TPSA) is 64.5 Å². The van der Waals surface area contributed by atoms with Gasteiger partial charge in [0, 0.05) is 4.74 Å². The largest absolute Gasteiger partial charge is 0.589 e. The van der Waals surface area contributed by atoms with Gasteiger partial charge in [0.2, 0.25) is 0 Å². The van der Waals surface area contributed by atoms with Crippen LogP contribution in [0.15, 0.2) is 4.74 Å². The molecule has 0 aromatic rings. The van der Waals surface area contributed by atoms with Crippen molar-refractivity contribution >= 4 is 14.1 Å². The van der Waals surface area contributed by atoms with Crippen LogP contribution in [0.1, 0.15) is 0 Å². The van der Waals surface area contributed by atoms with Gasteiger partial charge in [-0.1, -0.05) is 0 Å². The van der Waals surface area contributed by atoms with Gasteiger partial charge in [0.15, 0.2) is 0 Å². The number of hydrogen-bond acceptors (Lipinski definition) is 2. The highest BCUT2D eigenvalue weighted by atomic mass is 31.1. The van der Waals surface area contributed by atoms with Gasteiger partial charge < -0.3 is 4.89 Å². The molecule has 4 nitrogen and oxygen atoms in total. The highest BCUT2D eigenvalue weighted by Crippen LogP contribution is 2.16. The molecule has 0 fully saturated rings. The third kappa shape index (κ3) is 0.398. The summed E-state index contributed by atoms with van der Waals surface area (Å²) in [4.78, 5) is 19.4. The van der Waals surface area contributed by atoms with Crippen LogP contribution in [0.4, 0.5) is 4.79 Å². The minimum Gasteiger partial charge on any atom is -0.589 e. The van der Waals surface area contributed by atoms with Gasteiger partial charge in [0.25, 0.3) is 0 Å². The SMILES string of the molecule is O=C1N=[P+]([O-])N1. The highest BCUT2D eigenvalue weighted by Gasteiger charge is 2.19. The van der Waals surface area contributed by atoms with E-state index in [2.05, 4.69) is 4.74 Å². The van der Waals surface area contributed by atoms with Gasteiger partial charge >= 0.3 is 14.1 Å². The number of carbonyl (C=O) groups is 1. The van der Waals surface area contributed by atoms with Crippen LogP contribution in [-0.4, -0.2) is 6.03 Å². The molecule has 1 aliphatic heterocycles. The molecule has 1 N–H and O–H groups in total. The average Bonchev–Trinajstić information content (AvgIpc) is 1.33. The van der Waals surface area contributed by atoms with E-state index in [-0.39, 0.29) is 0 Å². The van der Waals surface area contributed by atoms with E-state index >= 15 is 0 Å². The molecule has 2 amide bonds. The first-order valence-corrected chi connectivity index (χ1v) is 2.50. The Morgan fingerprint density at radius 1 is 2.00 bits per heavy atom. The van der Waals surface area contributed by atoms with E-state index in [1.807, 2.05) is 5.09 Å². The summed E-state index contributed by atoms with van der Waals surface area (Å²) in [5.41, 5.74) is 0. The van der Waals surface area contributed by atoms with Crippen LogP contribution in [0.3, 0.4) is 0 Å². The minimum absolute atomic E-state index is 0.476. The van der Waals surface area contributed by atoms with Crippen LogP contribution in [-0.2, 0) is 0 Å². The molecular weight excluding hydrogens is 103 g/mol. The van der Waals surface area contributed by atoms with Gasteiger partial charge in [-0.25, -0.2) is 4.79 Å². The van der Waals surface area contributed by atoms with E-state index in [0.717, 1.165) is 0 Å². The Kier molecular flexibility index (Phi) is 0.616. The van der Waals surface area contributed by atoms with Crippen LogP contribution in [0.5, 0.6) is 0 Å². The molecule has 1 unspecified atom stereocenters. The molecule has 0 saturated heterocycles. The van der Waals surface area contributed by atoms with Crippen LogP contribution in [0.2, 0.25) is 0 Å². The predicted octanol–water partition coefficient (Wildman–Crippen LogP) is -0.435. The third-order valence-corrected chi connectivity index (χ3v) is 1.12. The molecule has 1 aliphatic rings. The molecule has 0 aromatic carbocycles. The van der Waals surface area contributed by atoms with Gasteiger partial charge in [-0.15, -0.1) is 5.09 Å². The molecule has 1 heterocycles. The summed E-state index contributed by atoms with van der Waals surface area (Å²) >= 11 is 0. The quantitative estimate of drug-likeness (QED) is 0.423. The molecule has 32 valence electrons. The number of nitrogens with one attached hydrogen (secondary N) is 1. The zero-order valence-electron chi connectivity index (χ0n) is 2.71. The number of amides is 2. The van der Waals surface area contributed by atoms with Crippen LogP contribution < -0.4 is 9.98 Å². The standard InChI is InChI=1S/CHN2O2P/c4-1-2-6(5)3-1/h(H,2,3,4). The number of rotatable bonds is 0. The maximum atomic E-state index is 9.76. The Bertz CT molecular complexity index is 119. The van der Waals surface area contributed by atoms with Gasteiger partial charge in [0.1, 0.15) is 0 Å². The lowest BCUT2D eigenvalue weighted by Gasteiger charge is -1.97. The molecular formula is CHN2O2P. The van der Waals surface area contributed by atoms with Crippen molar-refractivity contribution in [3.8, 4) is 0 Å². The predicted molar refractivity (Wildman–Crippen MR) is 17.9 cm³/mol. The summed E-state index contributed by atoms with van der Waals surface area (Å²) in [5.74, 6) is 0. The second-order valence-electron chi connectivity index (χ2n) is 0.790. The molecule has 0 spiro atoms. The zero-order chi connectivity index (χ0) is 4.57. The number of carbonyl (C=O) groups excluding carboxylic acids is 1. The maximum absolute atomic E-state index is 9.76. The normalized spacial score (nSPS) is 24.2. The van der Waals surface area contributed by atoms with Crippen LogP contribution in [0.25, 0.3) is 0 Å². The Balaban J connectivity index is 2.68. The van der Waals surface area contributed by atoms with Gasteiger partial charge in [-0.2, -0.15) is 0 Å². The van der Waals surface area contributed by atoms with Crippen LogP contribution >= 0.6 is 8.09 Å².